The molecule has 0 aliphatic rings. The second-order valence-electron chi connectivity index (χ2n) is 3.49. The SMILES string of the molecule is C[SiH](C)NOC(C)(C)C. The van der Waals surface area contributed by atoms with Crippen LogP contribution in [0.5, 0.6) is 0 Å². The topological polar surface area (TPSA) is 21.3 Å². The van der Waals surface area contributed by atoms with E-state index in [0.717, 1.165) is 0 Å². The van der Waals surface area contributed by atoms with Crippen LogP contribution in [0.25, 0.3) is 0 Å². The molecular formula is C6H17NOSi. The van der Waals surface area contributed by atoms with Gasteiger partial charge in [0.1, 0.15) is 8.96 Å². The van der Waals surface area contributed by atoms with Crippen LogP contribution in [0, 0.1) is 0 Å². The first kappa shape index (κ1) is 9.14. The van der Waals surface area contributed by atoms with Crippen LogP contribution in [0.15, 0.2) is 0 Å². The van der Waals surface area contributed by atoms with E-state index in [2.05, 4.69) is 18.2 Å². The van der Waals surface area contributed by atoms with Crippen molar-refractivity contribution < 1.29 is 4.84 Å². The van der Waals surface area contributed by atoms with Gasteiger partial charge in [0.25, 0.3) is 0 Å². The van der Waals surface area contributed by atoms with Crippen LogP contribution in [0.3, 0.4) is 0 Å². The Hall–Kier alpha value is 0.137. The van der Waals surface area contributed by atoms with E-state index < -0.39 is 8.96 Å². The summed E-state index contributed by atoms with van der Waals surface area (Å²) in [6, 6.07) is 0. The molecule has 0 fully saturated rings. The minimum atomic E-state index is -0.743. The van der Waals surface area contributed by atoms with Gasteiger partial charge < -0.3 is 4.84 Å². The van der Waals surface area contributed by atoms with E-state index >= 15 is 0 Å². The van der Waals surface area contributed by atoms with E-state index in [1.165, 1.54) is 0 Å². The van der Waals surface area contributed by atoms with E-state index in [9.17, 15) is 0 Å². The summed E-state index contributed by atoms with van der Waals surface area (Å²) in [5.74, 6) is 0. The Balaban J connectivity index is 3.28. The average Bonchev–Trinajstić information content (AvgIpc) is 1.59. The second-order valence-corrected chi connectivity index (χ2v) is 6.03. The molecule has 0 heterocycles. The van der Waals surface area contributed by atoms with E-state index in [1.807, 2.05) is 20.8 Å². The third-order valence-electron chi connectivity index (χ3n) is 0.601. The summed E-state index contributed by atoms with van der Waals surface area (Å²) in [5, 5.41) is 3.02. The highest BCUT2D eigenvalue weighted by Gasteiger charge is 2.10. The van der Waals surface area contributed by atoms with Gasteiger partial charge in [0.15, 0.2) is 0 Å². The molecule has 0 aliphatic heterocycles. The van der Waals surface area contributed by atoms with Crippen LogP contribution < -0.4 is 5.15 Å². The van der Waals surface area contributed by atoms with Gasteiger partial charge in [-0.15, -0.1) is 0 Å². The van der Waals surface area contributed by atoms with Gasteiger partial charge in [-0.1, -0.05) is 13.1 Å². The molecule has 3 heteroatoms. The molecule has 0 amide bonds. The van der Waals surface area contributed by atoms with Crippen LogP contribution in [-0.2, 0) is 4.84 Å². The summed E-state index contributed by atoms with van der Waals surface area (Å²) in [6.07, 6.45) is 0. The quantitative estimate of drug-likeness (QED) is 0.469. The Morgan fingerprint density at radius 2 is 1.67 bits per heavy atom. The molecule has 0 unspecified atom stereocenters. The van der Waals surface area contributed by atoms with Crippen LogP contribution in [-0.4, -0.2) is 14.6 Å². The zero-order valence-electron chi connectivity index (χ0n) is 6.99. The second kappa shape index (κ2) is 3.34. The lowest BCUT2D eigenvalue weighted by atomic mass is 10.2. The molecule has 0 bridgehead atoms. The zero-order chi connectivity index (χ0) is 7.49. The average molecular weight is 147 g/mol. The molecule has 1 N–H and O–H groups in total. The fraction of sp³-hybridized carbons (Fsp3) is 1.00. The lowest BCUT2D eigenvalue weighted by Gasteiger charge is -2.20. The van der Waals surface area contributed by atoms with E-state index in [0.29, 0.717) is 0 Å². The van der Waals surface area contributed by atoms with Crippen LogP contribution in [0.4, 0.5) is 0 Å². The molecule has 0 saturated carbocycles. The lowest BCUT2D eigenvalue weighted by Crippen LogP contribution is -2.35. The third-order valence-corrected chi connectivity index (χ3v) is 1.19. The summed E-state index contributed by atoms with van der Waals surface area (Å²) in [4.78, 5) is 5.30. The van der Waals surface area contributed by atoms with Crippen LogP contribution >= 0.6 is 0 Å². The Kier molecular flexibility index (Phi) is 3.39. The van der Waals surface area contributed by atoms with Crippen molar-refractivity contribution >= 4 is 8.96 Å². The van der Waals surface area contributed by atoms with Crippen molar-refractivity contribution in [1.82, 2.24) is 5.15 Å². The van der Waals surface area contributed by atoms with Crippen molar-refractivity contribution in [3.63, 3.8) is 0 Å². The molecule has 0 radical (unpaired) electrons. The monoisotopic (exact) mass is 147 g/mol. The van der Waals surface area contributed by atoms with Gasteiger partial charge in [-0.05, 0) is 20.8 Å². The maximum atomic E-state index is 5.30. The molecule has 0 aromatic carbocycles. The molecule has 2 nitrogen and oxygen atoms in total. The first-order chi connectivity index (χ1) is 3.92. The summed E-state index contributed by atoms with van der Waals surface area (Å²) < 4.78 is 0. The van der Waals surface area contributed by atoms with E-state index in [4.69, 9.17) is 4.84 Å². The fourth-order valence-electron chi connectivity index (χ4n) is 0.295. The first-order valence-electron chi connectivity index (χ1n) is 3.35. The normalized spacial score (nSPS) is 12.7. The van der Waals surface area contributed by atoms with Gasteiger partial charge >= 0.3 is 0 Å². The predicted octanol–water partition coefficient (Wildman–Crippen LogP) is 1.29. The summed E-state index contributed by atoms with van der Waals surface area (Å²) in [5.41, 5.74) is -0.0444. The Labute approximate surface area is 59.2 Å². The molecule has 0 aromatic heterocycles. The summed E-state index contributed by atoms with van der Waals surface area (Å²) >= 11 is 0. The highest BCUT2D eigenvalue weighted by Crippen LogP contribution is 2.03. The standard InChI is InChI=1S/C6H17NOSi/c1-6(2,3)8-7-9(4)5/h7,9H,1-5H3. The minimum Gasteiger partial charge on any atom is -0.304 e. The van der Waals surface area contributed by atoms with Crippen molar-refractivity contribution in [1.29, 1.82) is 0 Å². The molecular weight excluding hydrogens is 130 g/mol. The van der Waals surface area contributed by atoms with Gasteiger partial charge in [-0.25, -0.2) is 5.15 Å². The molecule has 0 aromatic rings. The van der Waals surface area contributed by atoms with Gasteiger partial charge in [-0.2, -0.15) is 0 Å². The largest absolute Gasteiger partial charge is 0.304 e. The van der Waals surface area contributed by atoms with Gasteiger partial charge in [0, 0.05) is 0 Å². The molecule has 0 aliphatic carbocycles. The van der Waals surface area contributed by atoms with Crippen molar-refractivity contribution in [3.05, 3.63) is 0 Å². The number of hydrogen-bond donors (Lipinski definition) is 1. The van der Waals surface area contributed by atoms with Crippen molar-refractivity contribution in [2.75, 3.05) is 0 Å². The van der Waals surface area contributed by atoms with Crippen LogP contribution in [0.1, 0.15) is 20.8 Å². The molecule has 9 heavy (non-hydrogen) atoms. The Bertz CT molecular complexity index is 77.6. The Morgan fingerprint density at radius 3 is 1.78 bits per heavy atom. The molecule has 0 rings (SSSR count). The maximum absolute atomic E-state index is 5.30. The lowest BCUT2D eigenvalue weighted by molar-refractivity contribution is -0.0388. The maximum Gasteiger partial charge on any atom is 0.135 e. The van der Waals surface area contributed by atoms with Crippen molar-refractivity contribution in [2.45, 2.75) is 39.5 Å². The molecule has 0 atom stereocenters. The fourth-order valence-corrected chi connectivity index (χ4v) is 0.884. The zero-order valence-corrected chi connectivity index (χ0v) is 8.14. The Morgan fingerprint density at radius 1 is 1.22 bits per heavy atom. The third kappa shape index (κ3) is 8.14. The first-order valence-corrected chi connectivity index (χ1v) is 6.24. The predicted molar refractivity (Wildman–Crippen MR) is 42.9 cm³/mol. The van der Waals surface area contributed by atoms with Gasteiger partial charge in [-0.3, -0.25) is 0 Å². The van der Waals surface area contributed by atoms with E-state index in [1.54, 1.807) is 0 Å². The number of hydrogen-bond acceptors (Lipinski definition) is 2. The number of nitrogens with one attached hydrogen (secondary N) is 1. The van der Waals surface area contributed by atoms with Crippen LogP contribution in [0.2, 0.25) is 13.1 Å². The van der Waals surface area contributed by atoms with Crippen molar-refractivity contribution in [2.24, 2.45) is 0 Å². The summed E-state index contributed by atoms with van der Waals surface area (Å²) in [6.45, 7) is 10.5. The van der Waals surface area contributed by atoms with Crippen molar-refractivity contribution in [3.8, 4) is 0 Å². The molecule has 0 spiro atoms. The highest BCUT2D eigenvalue weighted by molar-refractivity contribution is 6.52. The molecule has 56 valence electrons. The summed E-state index contributed by atoms with van der Waals surface area (Å²) in [7, 11) is -0.743. The molecule has 0 saturated heterocycles. The van der Waals surface area contributed by atoms with Gasteiger partial charge in [0.05, 0.1) is 5.60 Å². The smallest absolute Gasteiger partial charge is 0.135 e. The van der Waals surface area contributed by atoms with Gasteiger partial charge in [0.2, 0.25) is 0 Å². The van der Waals surface area contributed by atoms with E-state index in [-0.39, 0.29) is 5.60 Å². The minimum absolute atomic E-state index is 0.0444. The number of rotatable bonds is 2. The highest BCUT2D eigenvalue weighted by atomic mass is 28.3.